The third kappa shape index (κ3) is 4.29. The first-order valence-corrected chi connectivity index (χ1v) is 4.71. The molecule has 4 N–H and O–H groups in total. The maximum atomic E-state index is 11.4. The first kappa shape index (κ1) is 12.5. The number of carbonyl (C=O) groups is 1. The minimum atomic E-state index is -0.218. The van der Waals surface area contributed by atoms with Gasteiger partial charge in [-0.2, -0.15) is 0 Å². The van der Waals surface area contributed by atoms with Crippen LogP contribution in [0.2, 0.25) is 0 Å². The van der Waals surface area contributed by atoms with Crippen LogP contribution >= 0.6 is 0 Å². The molecule has 0 spiro atoms. The van der Waals surface area contributed by atoms with Gasteiger partial charge in [-0.15, -0.1) is 5.10 Å². The molecule has 0 radical (unpaired) electrons. The smallest absolute Gasteiger partial charge is 0.250 e. The monoisotopic (exact) mass is 229 g/mol. The molecule has 0 fully saturated rings. The zero-order valence-electron chi connectivity index (χ0n) is 9.01. The molecule has 9 heteroatoms. The maximum absolute atomic E-state index is 11.4. The fourth-order valence-electron chi connectivity index (χ4n) is 0.957. The molecule has 0 aromatic carbocycles. The Morgan fingerprint density at radius 3 is 3.12 bits per heavy atom. The van der Waals surface area contributed by atoms with E-state index in [1.807, 2.05) is 0 Å². The minimum Gasteiger partial charge on any atom is -0.383 e. The molecule has 1 amide bonds. The fraction of sp³-hybridized carbons (Fsp3) is 0.714. The van der Waals surface area contributed by atoms with Gasteiger partial charge in [-0.3, -0.25) is 9.80 Å². The summed E-state index contributed by atoms with van der Waals surface area (Å²) >= 11 is 0. The Hall–Kier alpha value is -1.58. The molecule has 1 aromatic rings. The number of aromatic amines is 1. The number of nitrogens with two attached hydrogens (primary N) is 1. The van der Waals surface area contributed by atoms with Crippen molar-refractivity contribution in [2.75, 3.05) is 26.8 Å². The number of hydrogen-bond donors (Lipinski definition) is 3. The summed E-state index contributed by atoms with van der Waals surface area (Å²) in [7, 11) is 1.55. The van der Waals surface area contributed by atoms with Gasteiger partial charge in [0.2, 0.25) is 0 Å². The van der Waals surface area contributed by atoms with Crippen molar-refractivity contribution in [2.45, 2.75) is 6.54 Å². The highest BCUT2D eigenvalue weighted by atomic mass is 16.5. The second-order valence-corrected chi connectivity index (χ2v) is 3.03. The standard InChI is InChI=1S/C7H15N7O2/c1-16-3-2-14(8)7(15)5-9-4-6-10-12-13-11-6/h9H,2-5,8H2,1H3,(H,10,11,12,13). The van der Waals surface area contributed by atoms with Crippen LogP contribution < -0.4 is 11.2 Å². The average Bonchev–Trinajstić information content (AvgIpc) is 2.78. The van der Waals surface area contributed by atoms with Gasteiger partial charge in [-0.25, -0.2) is 10.9 Å². The van der Waals surface area contributed by atoms with Crippen molar-refractivity contribution in [2.24, 2.45) is 5.84 Å². The molecule has 90 valence electrons. The summed E-state index contributed by atoms with van der Waals surface area (Å²) in [5.74, 6) is 5.82. The Kier molecular flexibility index (Phi) is 5.32. The van der Waals surface area contributed by atoms with E-state index in [2.05, 4.69) is 25.9 Å². The number of H-pyrrole nitrogens is 1. The van der Waals surface area contributed by atoms with E-state index < -0.39 is 0 Å². The molecule has 0 atom stereocenters. The highest BCUT2D eigenvalue weighted by Gasteiger charge is 2.08. The number of carbonyl (C=O) groups excluding carboxylic acids is 1. The lowest BCUT2D eigenvalue weighted by molar-refractivity contribution is -0.131. The number of hydrazine groups is 1. The predicted octanol–water partition coefficient (Wildman–Crippen LogP) is -2.36. The minimum absolute atomic E-state index is 0.126. The van der Waals surface area contributed by atoms with Gasteiger partial charge in [0.15, 0.2) is 5.82 Å². The lowest BCUT2D eigenvalue weighted by Crippen LogP contribution is -2.44. The fourth-order valence-corrected chi connectivity index (χ4v) is 0.957. The van der Waals surface area contributed by atoms with Gasteiger partial charge in [0.05, 0.1) is 26.2 Å². The first-order chi connectivity index (χ1) is 7.74. The van der Waals surface area contributed by atoms with Crippen LogP contribution in [0.3, 0.4) is 0 Å². The Bertz CT molecular complexity index is 302. The molecule has 1 heterocycles. The molecule has 0 bridgehead atoms. The Labute approximate surface area is 92.3 Å². The van der Waals surface area contributed by atoms with E-state index in [9.17, 15) is 4.79 Å². The Balaban J connectivity index is 2.14. The quantitative estimate of drug-likeness (QED) is 0.271. The van der Waals surface area contributed by atoms with E-state index in [1.165, 1.54) is 0 Å². The number of nitrogens with one attached hydrogen (secondary N) is 2. The van der Waals surface area contributed by atoms with E-state index in [0.717, 1.165) is 5.01 Å². The topological polar surface area (TPSA) is 122 Å². The molecule has 9 nitrogen and oxygen atoms in total. The largest absolute Gasteiger partial charge is 0.383 e. The molecule has 1 rings (SSSR count). The summed E-state index contributed by atoms with van der Waals surface area (Å²) in [6.45, 7) is 1.28. The highest BCUT2D eigenvalue weighted by Crippen LogP contribution is 1.83. The van der Waals surface area contributed by atoms with Crippen LogP contribution in [0.25, 0.3) is 0 Å². The second kappa shape index (κ2) is 6.82. The van der Waals surface area contributed by atoms with Crippen molar-refractivity contribution < 1.29 is 9.53 Å². The number of aromatic nitrogens is 4. The van der Waals surface area contributed by atoms with Gasteiger partial charge in [0.25, 0.3) is 5.91 Å². The summed E-state index contributed by atoms with van der Waals surface area (Å²) in [4.78, 5) is 11.4. The summed E-state index contributed by atoms with van der Waals surface area (Å²) < 4.78 is 4.80. The molecule has 0 saturated carbocycles. The summed E-state index contributed by atoms with van der Waals surface area (Å²) in [5.41, 5.74) is 0. The van der Waals surface area contributed by atoms with Crippen LogP contribution in [-0.2, 0) is 16.1 Å². The normalized spacial score (nSPS) is 10.4. The number of tetrazole rings is 1. The van der Waals surface area contributed by atoms with Crippen LogP contribution in [0, 0.1) is 0 Å². The molecule has 1 aromatic heterocycles. The van der Waals surface area contributed by atoms with Crippen LogP contribution in [0.5, 0.6) is 0 Å². The zero-order valence-corrected chi connectivity index (χ0v) is 9.01. The van der Waals surface area contributed by atoms with E-state index in [0.29, 0.717) is 25.5 Å². The molecule has 16 heavy (non-hydrogen) atoms. The molecule has 0 saturated heterocycles. The number of amides is 1. The lowest BCUT2D eigenvalue weighted by Gasteiger charge is -2.15. The zero-order chi connectivity index (χ0) is 11.8. The number of methoxy groups -OCH3 is 1. The maximum Gasteiger partial charge on any atom is 0.250 e. The van der Waals surface area contributed by atoms with Crippen molar-refractivity contribution in [3.05, 3.63) is 5.82 Å². The molecule has 0 aliphatic rings. The number of hydrogen-bond acceptors (Lipinski definition) is 7. The number of nitrogens with zero attached hydrogens (tertiary/aromatic N) is 4. The SMILES string of the molecule is COCCN(N)C(=O)CNCc1nnn[nH]1. The molecule has 0 aliphatic carbocycles. The van der Waals surface area contributed by atoms with Gasteiger partial charge in [-0.1, -0.05) is 0 Å². The Morgan fingerprint density at radius 1 is 1.69 bits per heavy atom. The summed E-state index contributed by atoms with van der Waals surface area (Å²) in [6.07, 6.45) is 0. The third-order valence-corrected chi connectivity index (χ3v) is 1.81. The molecular formula is C7H15N7O2. The molecular weight excluding hydrogens is 214 g/mol. The molecule has 0 aliphatic heterocycles. The van der Waals surface area contributed by atoms with Crippen LogP contribution in [0.15, 0.2) is 0 Å². The highest BCUT2D eigenvalue weighted by molar-refractivity contribution is 5.77. The number of ether oxygens (including phenoxy) is 1. The van der Waals surface area contributed by atoms with Gasteiger partial charge in [0.1, 0.15) is 0 Å². The van der Waals surface area contributed by atoms with Crippen LogP contribution in [0.1, 0.15) is 5.82 Å². The first-order valence-electron chi connectivity index (χ1n) is 4.71. The van der Waals surface area contributed by atoms with E-state index in [1.54, 1.807) is 7.11 Å². The van der Waals surface area contributed by atoms with Crippen molar-refractivity contribution in [1.82, 2.24) is 30.9 Å². The predicted molar refractivity (Wildman–Crippen MR) is 53.7 cm³/mol. The third-order valence-electron chi connectivity index (χ3n) is 1.81. The summed E-state index contributed by atoms with van der Waals surface area (Å²) in [6, 6.07) is 0. The lowest BCUT2D eigenvalue weighted by atomic mass is 10.5. The number of rotatable bonds is 7. The van der Waals surface area contributed by atoms with Gasteiger partial charge < -0.3 is 10.1 Å². The van der Waals surface area contributed by atoms with E-state index in [4.69, 9.17) is 10.6 Å². The van der Waals surface area contributed by atoms with E-state index >= 15 is 0 Å². The average molecular weight is 229 g/mol. The van der Waals surface area contributed by atoms with Crippen LogP contribution in [-0.4, -0.2) is 58.3 Å². The second-order valence-electron chi connectivity index (χ2n) is 3.03. The Morgan fingerprint density at radius 2 is 2.50 bits per heavy atom. The molecule has 0 unspecified atom stereocenters. The van der Waals surface area contributed by atoms with Crippen molar-refractivity contribution >= 4 is 5.91 Å². The van der Waals surface area contributed by atoms with Gasteiger partial charge >= 0.3 is 0 Å². The van der Waals surface area contributed by atoms with Crippen molar-refractivity contribution in [3.8, 4) is 0 Å². The van der Waals surface area contributed by atoms with Crippen molar-refractivity contribution in [3.63, 3.8) is 0 Å². The van der Waals surface area contributed by atoms with E-state index in [-0.39, 0.29) is 12.5 Å². The summed E-state index contributed by atoms with van der Waals surface area (Å²) in [5, 5.41) is 17.0. The van der Waals surface area contributed by atoms with Gasteiger partial charge in [-0.05, 0) is 10.4 Å². The van der Waals surface area contributed by atoms with Gasteiger partial charge in [0, 0.05) is 7.11 Å². The van der Waals surface area contributed by atoms with Crippen molar-refractivity contribution in [1.29, 1.82) is 0 Å². The van der Waals surface area contributed by atoms with Crippen LogP contribution in [0.4, 0.5) is 0 Å².